The fourth-order valence-electron chi connectivity index (χ4n) is 2.13. The number of ether oxygens (including phenoxy) is 2. The van der Waals surface area contributed by atoms with Gasteiger partial charge in [0.25, 0.3) is 0 Å². The van der Waals surface area contributed by atoms with Gasteiger partial charge < -0.3 is 19.9 Å². The minimum Gasteiger partial charge on any atom is -0.508 e. The van der Waals surface area contributed by atoms with Crippen LogP contribution in [-0.4, -0.2) is 18.3 Å². The summed E-state index contributed by atoms with van der Waals surface area (Å²) in [5.74, 6) is 1.86. The molecule has 3 rings (SSSR count). The Balaban J connectivity index is 1.72. The van der Waals surface area contributed by atoms with Crippen molar-refractivity contribution in [3.63, 3.8) is 0 Å². The van der Waals surface area contributed by atoms with E-state index in [9.17, 15) is 5.11 Å². The van der Waals surface area contributed by atoms with E-state index in [0.29, 0.717) is 25.5 Å². The molecule has 20 heavy (non-hydrogen) atoms. The molecule has 104 valence electrons. The summed E-state index contributed by atoms with van der Waals surface area (Å²) in [5.41, 5.74) is 1.80. The standard InChI is InChI=1S/C16H17NO3/c18-14-5-2-1-4-12(14)11-17-13-6-7-15-16(10-13)20-9-3-8-19-15/h1-2,4-7,10,17-18H,3,8-9,11H2. The Kier molecular flexibility index (Phi) is 3.63. The number of benzene rings is 2. The first-order chi connectivity index (χ1) is 9.83. The number of rotatable bonds is 3. The highest BCUT2D eigenvalue weighted by Gasteiger charge is 2.10. The van der Waals surface area contributed by atoms with Crippen LogP contribution in [0.5, 0.6) is 17.2 Å². The van der Waals surface area contributed by atoms with Crippen LogP contribution in [0.1, 0.15) is 12.0 Å². The second-order valence-electron chi connectivity index (χ2n) is 4.69. The van der Waals surface area contributed by atoms with Gasteiger partial charge in [-0.15, -0.1) is 0 Å². The maximum absolute atomic E-state index is 9.73. The van der Waals surface area contributed by atoms with Crippen molar-refractivity contribution in [1.29, 1.82) is 0 Å². The van der Waals surface area contributed by atoms with Crippen LogP contribution in [-0.2, 0) is 6.54 Å². The van der Waals surface area contributed by atoms with E-state index < -0.39 is 0 Å². The first-order valence-electron chi connectivity index (χ1n) is 6.73. The Hall–Kier alpha value is -2.36. The summed E-state index contributed by atoms with van der Waals surface area (Å²) < 4.78 is 11.2. The molecule has 0 spiro atoms. The molecule has 4 heteroatoms. The summed E-state index contributed by atoms with van der Waals surface area (Å²) in [6.45, 7) is 1.93. The summed E-state index contributed by atoms with van der Waals surface area (Å²) in [7, 11) is 0. The summed E-state index contributed by atoms with van der Waals surface area (Å²) in [5, 5.41) is 13.0. The third-order valence-electron chi connectivity index (χ3n) is 3.22. The number of anilines is 1. The van der Waals surface area contributed by atoms with Crippen LogP contribution in [0.25, 0.3) is 0 Å². The lowest BCUT2D eigenvalue weighted by Gasteiger charge is -2.11. The molecule has 1 aliphatic rings. The molecular weight excluding hydrogens is 254 g/mol. The molecule has 0 radical (unpaired) electrons. The van der Waals surface area contributed by atoms with Crippen LogP contribution in [0.3, 0.4) is 0 Å². The van der Waals surface area contributed by atoms with Gasteiger partial charge in [-0.2, -0.15) is 0 Å². The quantitative estimate of drug-likeness (QED) is 0.900. The molecule has 0 saturated heterocycles. The lowest BCUT2D eigenvalue weighted by atomic mass is 10.2. The van der Waals surface area contributed by atoms with Crippen molar-refractivity contribution >= 4 is 5.69 Å². The Morgan fingerprint density at radius 2 is 1.80 bits per heavy atom. The monoisotopic (exact) mass is 271 g/mol. The lowest BCUT2D eigenvalue weighted by molar-refractivity contribution is 0.297. The fourth-order valence-corrected chi connectivity index (χ4v) is 2.13. The minimum absolute atomic E-state index is 0.300. The minimum atomic E-state index is 0.300. The molecule has 0 bridgehead atoms. The summed E-state index contributed by atoms with van der Waals surface area (Å²) in [4.78, 5) is 0. The molecule has 0 fully saturated rings. The zero-order valence-corrected chi connectivity index (χ0v) is 11.1. The molecule has 4 nitrogen and oxygen atoms in total. The number of phenolic OH excluding ortho intramolecular Hbond substituents is 1. The topological polar surface area (TPSA) is 50.7 Å². The van der Waals surface area contributed by atoms with E-state index in [1.165, 1.54) is 0 Å². The van der Waals surface area contributed by atoms with Crippen molar-refractivity contribution in [3.8, 4) is 17.2 Å². The van der Waals surface area contributed by atoms with Crippen molar-refractivity contribution in [2.75, 3.05) is 18.5 Å². The summed E-state index contributed by atoms with van der Waals surface area (Å²) >= 11 is 0. The molecule has 0 saturated carbocycles. The fraction of sp³-hybridized carbons (Fsp3) is 0.250. The van der Waals surface area contributed by atoms with Crippen LogP contribution in [0, 0.1) is 0 Å². The van der Waals surface area contributed by atoms with Gasteiger partial charge in [0.1, 0.15) is 5.75 Å². The van der Waals surface area contributed by atoms with Gasteiger partial charge >= 0.3 is 0 Å². The molecule has 2 aromatic rings. The number of nitrogens with one attached hydrogen (secondary N) is 1. The van der Waals surface area contributed by atoms with Crippen LogP contribution < -0.4 is 14.8 Å². The van der Waals surface area contributed by atoms with Crippen molar-refractivity contribution in [2.45, 2.75) is 13.0 Å². The molecular formula is C16H17NO3. The van der Waals surface area contributed by atoms with E-state index in [-0.39, 0.29) is 0 Å². The number of hydrogen-bond acceptors (Lipinski definition) is 4. The highest BCUT2D eigenvalue weighted by Crippen LogP contribution is 2.32. The average Bonchev–Trinajstić information content (AvgIpc) is 2.71. The summed E-state index contributed by atoms with van der Waals surface area (Å²) in [6, 6.07) is 13.1. The van der Waals surface area contributed by atoms with Gasteiger partial charge in [-0.25, -0.2) is 0 Å². The number of fused-ring (bicyclic) bond motifs is 1. The molecule has 0 atom stereocenters. The van der Waals surface area contributed by atoms with E-state index >= 15 is 0 Å². The van der Waals surface area contributed by atoms with Crippen LogP contribution in [0.4, 0.5) is 5.69 Å². The first-order valence-corrected chi connectivity index (χ1v) is 6.73. The first kappa shape index (κ1) is 12.7. The van der Waals surface area contributed by atoms with Crippen LogP contribution >= 0.6 is 0 Å². The second-order valence-corrected chi connectivity index (χ2v) is 4.69. The van der Waals surface area contributed by atoms with Crippen molar-refractivity contribution in [3.05, 3.63) is 48.0 Å². The largest absolute Gasteiger partial charge is 0.508 e. The molecule has 0 aliphatic carbocycles. The highest BCUT2D eigenvalue weighted by molar-refractivity contribution is 5.55. The molecule has 1 aliphatic heterocycles. The van der Waals surface area contributed by atoms with Crippen LogP contribution in [0.15, 0.2) is 42.5 Å². The number of aromatic hydroxyl groups is 1. The highest BCUT2D eigenvalue weighted by atomic mass is 16.5. The second kappa shape index (κ2) is 5.74. The molecule has 1 heterocycles. The van der Waals surface area contributed by atoms with Gasteiger partial charge in [0.05, 0.1) is 13.2 Å². The number of para-hydroxylation sites is 1. The van der Waals surface area contributed by atoms with Gasteiger partial charge in [-0.05, 0) is 18.2 Å². The molecule has 0 amide bonds. The lowest BCUT2D eigenvalue weighted by Crippen LogP contribution is -2.00. The van der Waals surface area contributed by atoms with Gasteiger partial charge in [0.2, 0.25) is 0 Å². The molecule has 0 unspecified atom stereocenters. The number of phenols is 1. The normalized spacial score (nSPS) is 13.6. The van der Waals surface area contributed by atoms with Gasteiger partial charge in [0, 0.05) is 30.3 Å². The zero-order valence-electron chi connectivity index (χ0n) is 11.1. The van der Waals surface area contributed by atoms with E-state index in [2.05, 4.69) is 5.32 Å². The van der Waals surface area contributed by atoms with Crippen molar-refractivity contribution in [2.24, 2.45) is 0 Å². The van der Waals surface area contributed by atoms with E-state index in [1.54, 1.807) is 6.07 Å². The SMILES string of the molecule is Oc1ccccc1CNc1ccc2c(c1)OCCCO2. The maximum Gasteiger partial charge on any atom is 0.163 e. The molecule has 0 aromatic heterocycles. The Bertz CT molecular complexity index is 598. The molecule has 2 N–H and O–H groups in total. The van der Waals surface area contributed by atoms with E-state index in [0.717, 1.165) is 29.2 Å². The van der Waals surface area contributed by atoms with E-state index in [4.69, 9.17) is 9.47 Å². The van der Waals surface area contributed by atoms with Crippen LogP contribution in [0.2, 0.25) is 0 Å². The summed E-state index contributed by atoms with van der Waals surface area (Å²) in [6.07, 6.45) is 0.898. The smallest absolute Gasteiger partial charge is 0.163 e. The van der Waals surface area contributed by atoms with Gasteiger partial charge in [-0.1, -0.05) is 18.2 Å². The van der Waals surface area contributed by atoms with Gasteiger partial charge in [-0.3, -0.25) is 0 Å². The van der Waals surface area contributed by atoms with Crippen molar-refractivity contribution < 1.29 is 14.6 Å². The van der Waals surface area contributed by atoms with Crippen molar-refractivity contribution in [1.82, 2.24) is 0 Å². The number of hydrogen-bond donors (Lipinski definition) is 2. The third kappa shape index (κ3) is 2.79. The molecule has 2 aromatic carbocycles. The average molecular weight is 271 g/mol. The Labute approximate surface area is 118 Å². The Morgan fingerprint density at radius 1 is 1.00 bits per heavy atom. The maximum atomic E-state index is 9.73. The van der Waals surface area contributed by atoms with Gasteiger partial charge in [0.15, 0.2) is 11.5 Å². The third-order valence-corrected chi connectivity index (χ3v) is 3.22. The van der Waals surface area contributed by atoms with E-state index in [1.807, 2.05) is 36.4 Å². The predicted molar refractivity (Wildman–Crippen MR) is 77.5 cm³/mol. The Morgan fingerprint density at radius 3 is 2.65 bits per heavy atom. The zero-order chi connectivity index (χ0) is 13.8. The predicted octanol–water partition coefficient (Wildman–Crippen LogP) is 3.17.